The molecule has 0 radical (unpaired) electrons. The van der Waals surface area contributed by atoms with Crippen LogP contribution in [0.3, 0.4) is 0 Å². The highest BCUT2D eigenvalue weighted by atomic mass is 16.3. The van der Waals surface area contributed by atoms with Crippen LogP contribution in [0.15, 0.2) is 150 Å². The fraction of sp³-hybridized carbons (Fsp3) is 0. The maximum Gasteiger partial charge on any atom is 0.143 e. The molecule has 7 aromatic carbocycles. The van der Waals surface area contributed by atoms with Crippen molar-refractivity contribution in [3.63, 3.8) is 0 Å². The van der Waals surface area contributed by atoms with Crippen LogP contribution in [0.1, 0.15) is 13.7 Å². The Labute approximate surface area is 240 Å². The summed E-state index contributed by atoms with van der Waals surface area (Å²) in [4.78, 5) is 0. The Morgan fingerprint density at radius 1 is 0.436 bits per heavy atom. The minimum absolute atomic E-state index is 0.0519. The maximum absolute atomic E-state index is 8.83. The minimum atomic E-state index is -0.469. The van der Waals surface area contributed by atoms with Gasteiger partial charge in [-0.3, -0.25) is 0 Å². The molecule has 0 unspecified atom stereocenters. The van der Waals surface area contributed by atoms with Gasteiger partial charge in [0.1, 0.15) is 11.2 Å². The van der Waals surface area contributed by atoms with E-state index in [1.165, 1.54) is 0 Å². The highest BCUT2D eigenvalue weighted by Crippen LogP contribution is 2.47. The minimum Gasteiger partial charge on any atom is -0.455 e. The van der Waals surface area contributed by atoms with Gasteiger partial charge < -0.3 is 4.42 Å². The Hall–Kier alpha value is -5.14. The van der Waals surface area contributed by atoms with Gasteiger partial charge in [0.2, 0.25) is 0 Å². The van der Waals surface area contributed by atoms with E-state index in [9.17, 15) is 0 Å². The summed E-state index contributed by atoms with van der Waals surface area (Å²) in [6, 6.07) is 22.5. The molecule has 0 aliphatic heterocycles. The molecule has 0 aliphatic rings. The van der Waals surface area contributed by atoms with Gasteiger partial charge in [0, 0.05) is 16.3 Å². The summed E-state index contributed by atoms with van der Waals surface area (Å²) in [6.07, 6.45) is 0. The summed E-state index contributed by atoms with van der Waals surface area (Å²) < 4.78 is 90.9. The Bertz CT molecular complexity index is 2620. The molecule has 1 heteroatoms. The van der Waals surface area contributed by atoms with Crippen molar-refractivity contribution < 1.29 is 18.1 Å². The first-order chi connectivity index (χ1) is 23.5. The summed E-state index contributed by atoms with van der Waals surface area (Å²) in [5, 5.41) is 4.47. The Morgan fingerprint density at radius 2 is 0.949 bits per heavy atom. The van der Waals surface area contributed by atoms with Crippen molar-refractivity contribution in [2.24, 2.45) is 0 Å². The van der Waals surface area contributed by atoms with Gasteiger partial charge in [0.15, 0.2) is 0 Å². The molecule has 1 aromatic heterocycles. The van der Waals surface area contributed by atoms with Crippen LogP contribution in [-0.2, 0) is 0 Å². The fourth-order valence-electron chi connectivity index (χ4n) is 5.70. The predicted molar refractivity (Wildman–Crippen MR) is 165 cm³/mol. The molecule has 39 heavy (non-hydrogen) atoms. The fourth-order valence-corrected chi connectivity index (χ4v) is 5.70. The third-order valence-electron chi connectivity index (χ3n) is 7.24. The number of fused-ring (bicyclic) bond motifs is 5. The van der Waals surface area contributed by atoms with Crippen LogP contribution in [0.5, 0.6) is 0 Å². The van der Waals surface area contributed by atoms with Crippen molar-refractivity contribution in [3.05, 3.63) is 145 Å². The number of benzene rings is 7. The molecule has 0 N–H and O–H groups in total. The van der Waals surface area contributed by atoms with Crippen molar-refractivity contribution >= 4 is 43.5 Å². The smallest absolute Gasteiger partial charge is 0.143 e. The summed E-state index contributed by atoms with van der Waals surface area (Å²) >= 11 is 0. The second kappa shape index (κ2) is 8.72. The van der Waals surface area contributed by atoms with Gasteiger partial charge in [-0.15, -0.1) is 0 Å². The Balaban J connectivity index is 1.51. The molecule has 0 saturated heterocycles. The van der Waals surface area contributed by atoms with E-state index in [4.69, 9.17) is 18.1 Å². The lowest BCUT2D eigenvalue weighted by atomic mass is 9.85. The van der Waals surface area contributed by atoms with Crippen LogP contribution < -0.4 is 0 Å². The molecule has 0 atom stereocenters. The predicted octanol–water partition coefficient (Wildman–Crippen LogP) is 10.9. The zero-order valence-corrected chi connectivity index (χ0v) is 20.5. The number of rotatable bonds is 3. The first kappa shape index (κ1) is 14.1. The Kier molecular flexibility index (Phi) is 3.16. The largest absolute Gasteiger partial charge is 0.455 e. The molecule has 0 aliphatic carbocycles. The number of hydrogen-bond acceptors (Lipinski definition) is 1. The average molecular weight is 507 g/mol. The number of hydrogen-bond donors (Lipinski definition) is 0. The van der Waals surface area contributed by atoms with Gasteiger partial charge in [0.25, 0.3) is 0 Å². The third-order valence-corrected chi connectivity index (χ3v) is 7.24. The molecule has 8 rings (SSSR count). The molecular weight excluding hydrogens is 472 g/mol. The van der Waals surface area contributed by atoms with E-state index in [1.54, 1.807) is 12.1 Å². The van der Waals surface area contributed by atoms with Crippen molar-refractivity contribution in [2.75, 3.05) is 0 Å². The number of para-hydroxylation sites is 1. The zero-order chi connectivity index (χ0) is 34.5. The van der Waals surface area contributed by atoms with Crippen molar-refractivity contribution in [1.82, 2.24) is 0 Å². The second-order valence-corrected chi connectivity index (χ2v) is 9.30. The van der Waals surface area contributed by atoms with Gasteiger partial charge in [-0.1, -0.05) is 139 Å². The molecule has 0 bridgehead atoms. The second-order valence-electron chi connectivity index (χ2n) is 9.30. The van der Waals surface area contributed by atoms with Crippen LogP contribution in [0.2, 0.25) is 0 Å². The van der Waals surface area contributed by atoms with E-state index in [2.05, 4.69) is 0 Å². The van der Waals surface area contributed by atoms with Crippen LogP contribution in [-0.4, -0.2) is 0 Å². The summed E-state index contributed by atoms with van der Waals surface area (Å²) in [6.45, 7) is 0. The molecule has 0 saturated carbocycles. The highest BCUT2D eigenvalue weighted by Gasteiger charge is 2.20. The molecule has 182 valence electrons. The lowest BCUT2D eigenvalue weighted by molar-refractivity contribution is 0.670. The van der Waals surface area contributed by atoms with Crippen molar-refractivity contribution in [2.45, 2.75) is 0 Å². The molecule has 8 aromatic rings. The van der Waals surface area contributed by atoms with Crippen molar-refractivity contribution in [3.8, 4) is 33.4 Å². The zero-order valence-electron chi connectivity index (χ0n) is 30.5. The lowest BCUT2D eigenvalue weighted by Crippen LogP contribution is -1.91. The standard InChI is InChI=1S/C38H24O/c1-3-13-25(14-4-1)27-21-11-23-33-37-32(22-12-24-34(37)39-38(27)33)36-30-19-9-7-17-28(30)35(26-15-5-2-6-16-26)29-18-8-10-20-31(29)36/h1-24H/i1D,2D,3D,4D,5D,6D,13D,14D,15D,16D. The SMILES string of the molecule is [2H]c1c([2H])c([2H])c(-c2c3ccccc3c(-c3cccc4oc5c(-c6c([2H])c([2H])c([2H])c([2H])c6[2H])cccc5c34)c3ccccc23)c([2H])c1[2H]. The topological polar surface area (TPSA) is 13.1 Å². The maximum atomic E-state index is 8.83. The Morgan fingerprint density at radius 3 is 1.59 bits per heavy atom. The van der Waals surface area contributed by atoms with Crippen LogP contribution in [0, 0.1) is 0 Å². The summed E-state index contributed by atoms with van der Waals surface area (Å²) in [5.74, 6) is 0. The monoisotopic (exact) mass is 506 g/mol. The van der Waals surface area contributed by atoms with E-state index < -0.39 is 36.3 Å². The van der Waals surface area contributed by atoms with Gasteiger partial charge in [0.05, 0.1) is 13.7 Å². The average Bonchev–Trinajstić information content (AvgIpc) is 3.51. The molecule has 1 nitrogen and oxygen atoms in total. The van der Waals surface area contributed by atoms with Gasteiger partial charge in [-0.25, -0.2) is 0 Å². The van der Waals surface area contributed by atoms with Crippen molar-refractivity contribution in [1.29, 1.82) is 0 Å². The molecule has 0 spiro atoms. The summed E-state index contributed by atoms with van der Waals surface area (Å²) in [7, 11) is 0. The first-order valence-electron chi connectivity index (χ1n) is 17.6. The van der Waals surface area contributed by atoms with Crippen LogP contribution in [0.4, 0.5) is 0 Å². The number of furan rings is 1. The van der Waals surface area contributed by atoms with Gasteiger partial charge >= 0.3 is 0 Å². The van der Waals surface area contributed by atoms with E-state index in [1.807, 2.05) is 72.8 Å². The lowest BCUT2D eigenvalue weighted by Gasteiger charge is -2.18. The quantitative estimate of drug-likeness (QED) is 0.217. The van der Waals surface area contributed by atoms with E-state index >= 15 is 0 Å². The van der Waals surface area contributed by atoms with Crippen LogP contribution >= 0.6 is 0 Å². The molecule has 0 fully saturated rings. The first-order valence-corrected chi connectivity index (χ1v) is 12.6. The van der Waals surface area contributed by atoms with Crippen LogP contribution in [0.25, 0.3) is 76.9 Å². The normalized spacial score (nSPS) is 15.2. The molecular formula is C38H24O. The van der Waals surface area contributed by atoms with E-state index in [-0.39, 0.29) is 35.3 Å². The van der Waals surface area contributed by atoms with E-state index in [0.717, 1.165) is 27.3 Å². The van der Waals surface area contributed by atoms with Gasteiger partial charge in [-0.2, -0.15) is 0 Å². The summed E-state index contributed by atoms with van der Waals surface area (Å²) in [5.41, 5.74) is 3.68. The highest BCUT2D eigenvalue weighted by molar-refractivity contribution is 6.26. The molecule has 1 heterocycles. The molecule has 0 amide bonds. The third kappa shape index (κ3) is 3.34. The van der Waals surface area contributed by atoms with Gasteiger partial charge in [-0.05, 0) is 55.4 Å². The van der Waals surface area contributed by atoms with E-state index in [0.29, 0.717) is 38.5 Å².